The Bertz CT molecular complexity index is 319. The highest BCUT2D eigenvalue weighted by Crippen LogP contribution is 2.29. The Kier molecular flexibility index (Phi) is 1.98. The first kappa shape index (κ1) is 7.94. The van der Waals surface area contributed by atoms with Crippen LogP contribution in [0.3, 0.4) is 0 Å². The van der Waals surface area contributed by atoms with E-state index < -0.39 is 0 Å². The Morgan fingerprint density at radius 1 is 1.67 bits per heavy atom. The molecule has 1 aromatic heterocycles. The van der Waals surface area contributed by atoms with Gasteiger partial charge in [-0.15, -0.1) is 5.10 Å². The van der Waals surface area contributed by atoms with Crippen molar-refractivity contribution in [3.05, 3.63) is 10.7 Å². The molecule has 0 aromatic carbocycles. The number of rotatable bonds is 1. The highest BCUT2D eigenvalue weighted by Gasteiger charge is 2.29. The van der Waals surface area contributed by atoms with Gasteiger partial charge in [0.05, 0.1) is 12.0 Å². The molecule has 1 saturated heterocycles. The molecular weight excluding hydrogens is 176 g/mol. The zero-order valence-electron chi connectivity index (χ0n) is 6.74. The number of nitrogens with one attached hydrogen (secondary N) is 1. The van der Waals surface area contributed by atoms with Crippen LogP contribution in [0.1, 0.15) is 25.2 Å². The topological polar surface area (TPSA) is 51.0 Å². The first-order chi connectivity index (χ1) is 5.77. The number of ether oxygens (including phenoxy) is 1. The fourth-order valence-electron chi connectivity index (χ4n) is 1.46. The van der Waals surface area contributed by atoms with Crippen molar-refractivity contribution in [2.24, 2.45) is 0 Å². The summed E-state index contributed by atoms with van der Waals surface area (Å²) >= 11 is 4.78. The molecule has 5 heteroatoms. The fraction of sp³-hybridized carbons (Fsp3) is 0.714. The molecule has 1 N–H and O–H groups in total. The molecule has 2 rings (SSSR count). The summed E-state index contributed by atoms with van der Waals surface area (Å²) in [5.74, 6) is 0.933. The van der Waals surface area contributed by atoms with Crippen molar-refractivity contribution in [3.8, 4) is 0 Å². The zero-order chi connectivity index (χ0) is 8.55. The molecular formula is C7H10N2O2S. The van der Waals surface area contributed by atoms with Gasteiger partial charge in [-0.1, -0.05) is 0 Å². The molecule has 12 heavy (non-hydrogen) atoms. The maximum atomic E-state index is 5.38. The minimum atomic E-state index is 0.187. The van der Waals surface area contributed by atoms with Crippen LogP contribution in [-0.2, 0) is 4.74 Å². The normalized spacial score (nSPS) is 29.4. The molecule has 1 fully saturated rings. The second-order valence-electron chi connectivity index (χ2n) is 2.92. The number of hydrogen-bond acceptors (Lipinski definition) is 4. The molecule has 0 radical (unpaired) electrons. The van der Waals surface area contributed by atoms with Gasteiger partial charge in [0.1, 0.15) is 0 Å². The van der Waals surface area contributed by atoms with E-state index in [0.717, 1.165) is 13.0 Å². The van der Waals surface area contributed by atoms with E-state index in [9.17, 15) is 0 Å². The van der Waals surface area contributed by atoms with Crippen molar-refractivity contribution in [2.45, 2.75) is 25.4 Å². The fourth-order valence-corrected chi connectivity index (χ4v) is 1.59. The van der Waals surface area contributed by atoms with E-state index in [-0.39, 0.29) is 12.0 Å². The van der Waals surface area contributed by atoms with Crippen molar-refractivity contribution < 1.29 is 9.15 Å². The summed E-state index contributed by atoms with van der Waals surface area (Å²) in [6.07, 6.45) is 1.15. The number of nitrogens with zero attached hydrogens (tertiary/aromatic N) is 1. The average Bonchev–Trinajstić information content (AvgIpc) is 2.58. The van der Waals surface area contributed by atoms with Gasteiger partial charge in [0.2, 0.25) is 5.89 Å². The van der Waals surface area contributed by atoms with Gasteiger partial charge in [0.15, 0.2) is 0 Å². The summed E-state index contributed by atoms with van der Waals surface area (Å²) in [6.45, 7) is 2.80. The van der Waals surface area contributed by atoms with E-state index in [1.807, 2.05) is 6.92 Å². The summed E-state index contributed by atoms with van der Waals surface area (Å²) in [6, 6.07) is 0. The lowest BCUT2D eigenvalue weighted by Crippen LogP contribution is -2.09. The van der Waals surface area contributed by atoms with Gasteiger partial charge in [-0.2, -0.15) is 0 Å². The largest absolute Gasteiger partial charge is 0.414 e. The molecule has 4 nitrogen and oxygen atoms in total. The molecule has 1 aliphatic rings. The first-order valence-corrected chi connectivity index (χ1v) is 4.35. The third-order valence-corrected chi connectivity index (χ3v) is 2.32. The lowest BCUT2D eigenvalue weighted by atomic mass is 10.0. The molecule has 0 aliphatic carbocycles. The standard InChI is InChI=1S/C7H10N2O2S/c1-4-5(2-3-10-4)6-8-9-7(12)11-6/h4-5H,2-3H2,1H3,(H,9,12). The molecule has 0 saturated carbocycles. The van der Waals surface area contributed by atoms with Crippen LogP contribution >= 0.6 is 12.2 Å². The quantitative estimate of drug-likeness (QED) is 0.677. The molecule has 2 unspecified atom stereocenters. The number of hydrogen-bond donors (Lipinski definition) is 1. The third kappa shape index (κ3) is 1.30. The van der Waals surface area contributed by atoms with Crippen LogP contribution in [0.25, 0.3) is 0 Å². The van der Waals surface area contributed by atoms with E-state index in [4.69, 9.17) is 21.4 Å². The van der Waals surface area contributed by atoms with E-state index >= 15 is 0 Å². The van der Waals surface area contributed by atoms with Crippen LogP contribution in [-0.4, -0.2) is 22.9 Å². The Morgan fingerprint density at radius 3 is 3.00 bits per heavy atom. The lowest BCUT2D eigenvalue weighted by Gasteiger charge is -2.07. The molecule has 2 heterocycles. The van der Waals surface area contributed by atoms with Gasteiger partial charge in [0, 0.05) is 6.61 Å². The molecule has 1 aromatic rings. The van der Waals surface area contributed by atoms with Gasteiger partial charge in [-0.05, 0) is 25.6 Å². The monoisotopic (exact) mass is 186 g/mol. The minimum absolute atomic E-state index is 0.187. The highest BCUT2D eigenvalue weighted by atomic mass is 32.1. The van der Waals surface area contributed by atoms with Gasteiger partial charge >= 0.3 is 0 Å². The lowest BCUT2D eigenvalue weighted by molar-refractivity contribution is 0.114. The van der Waals surface area contributed by atoms with Gasteiger partial charge in [-0.25, -0.2) is 5.10 Å². The zero-order valence-corrected chi connectivity index (χ0v) is 7.56. The van der Waals surface area contributed by atoms with Crippen molar-refractivity contribution >= 4 is 12.2 Å². The van der Waals surface area contributed by atoms with Crippen LogP contribution in [0.5, 0.6) is 0 Å². The maximum Gasteiger partial charge on any atom is 0.284 e. The molecule has 1 aliphatic heterocycles. The second kappa shape index (κ2) is 2.99. The van der Waals surface area contributed by atoms with E-state index in [0.29, 0.717) is 10.7 Å². The molecule has 0 amide bonds. The van der Waals surface area contributed by atoms with E-state index in [1.54, 1.807) is 0 Å². The number of aromatic amines is 1. The predicted octanol–water partition coefficient (Wildman–Crippen LogP) is 1.62. The Labute approximate surface area is 74.9 Å². The van der Waals surface area contributed by atoms with Crippen molar-refractivity contribution in [3.63, 3.8) is 0 Å². The number of aromatic nitrogens is 2. The van der Waals surface area contributed by atoms with Crippen LogP contribution in [0.4, 0.5) is 0 Å². The SMILES string of the molecule is CC1OCCC1c1n[nH]c(=S)o1. The van der Waals surface area contributed by atoms with Crippen molar-refractivity contribution in [1.82, 2.24) is 10.2 Å². The van der Waals surface area contributed by atoms with Crippen LogP contribution < -0.4 is 0 Å². The van der Waals surface area contributed by atoms with E-state index in [2.05, 4.69) is 10.2 Å². The summed E-state index contributed by atoms with van der Waals surface area (Å²) in [5, 5.41) is 6.58. The highest BCUT2D eigenvalue weighted by molar-refractivity contribution is 7.71. The maximum absolute atomic E-state index is 5.38. The molecule has 0 bridgehead atoms. The van der Waals surface area contributed by atoms with Gasteiger partial charge in [0.25, 0.3) is 4.84 Å². The number of H-pyrrole nitrogens is 1. The van der Waals surface area contributed by atoms with Crippen LogP contribution in [0.2, 0.25) is 0 Å². The van der Waals surface area contributed by atoms with Crippen molar-refractivity contribution in [2.75, 3.05) is 6.61 Å². The summed E-state index contributed by atoms with van der Waals surface area (Å²) in [5.41, 5.74) is 0. The predicted molar refractivity (Wildman–Crippen MR) is 44.5 cm³/mol. The third-order valence-electron chi connectivity index (χ3n) is 2.15. The van der Waals surface area contributed by atoms with E-state index in [1.165, 1.54) is 0 Å². The summed E-state index contributed by atoms with van der Waals surface area (Å²) in [4.78, 5) is 0.337. The second-order valence-corrected chi connectivity index (χ2v) is 3.29. The smallest absolute Gasteiger partial charge is 0.284 e. The van der Waals surface area contributed by atoms with Crippen molar-refractivity contribution in [1.29, 1.82) is 0 Å². The molecule has 2 atom stereocenters. The summed E-state index contributed by atoms with van der Waals surface area (Å²) < 4.78 is 10.6. The Morgan fingerprint density at radius 2 is 2.50 bits per heavy atom. The Hall–Kier alpha value is -0.680. The van der Waals surface area contributed by atoms with Gasteiger partial charge in [-0.3, -0.25) is 0 Å². The average molecular weight is 186 g/mol. The molecule has 0 spiro atoms. The minimum Gasteiger partial charge on any atom is -0.414 e. The first-order valence-electron chi connectivity index (χ1n) is 3.94. The van der Waals surface area contributed by atoms with Crippen LogP contribution in [0.15, 0.2) is 4.42 Å². The summed E-state index contributed by atoms with van der Waals surface area (Å²) in [7, 11) is 0. The van der Waals surface area contributed by atoms with Gasteiger partial charge < -0.3 is 9.15 Å². The Balaban J connectivity index is 2.24. The van der Waals surface area contributed by atoms with Crippen LogP contribution in [0, 0.1) is 4.84 Å². The molecule has 66 valence electrons.